The summed E-state index contributed by atoms with van der Waals surface area (Å²) in [7, 11) is -1.63. The van der Waals surface area contributed by atoms with E-state index < -0.39 is 16.1 Å². The number of benzene rings is 1. The molecular formula is C9H12N2O4S. The van der Waals surface area contributed by atoms with E-state index in [1.165, 1.54) is 24.3 Å². The molecule has 1 rings (SSSR count). The van der Waals surface area contributed by atoms with Crippen LogP contribution in [-0.4, -0.2) is 33.0 Å². The first-order valence-electron chi connectivity index (χ1n) is 4.32. The van der Waals surface area contributed by atoms with Gasteiger partial charge in [0.05, 0.1) is 12.0 Å². The second-order valence-corrected chi connectivity index (χ2v) is 4.98. The summed E-state index contributed by atoms with van der Waals surface area (Å²) in [5, 5.41) is 0. The molecule has 0 saturated heterocycles. The molecule has 16 heavy (non-hydrogen) atoms. The molecule has 0 radical (unpaired) electrons. The third-order valence-corrected chi connectivity index (χ3v) is 3.71. The van der Waals surface area contributed by atoms with E-state index >= 15 is 0 Å². The van der Waals surface area contributed by atoms with Crippen molar-refractivity contribution >= 4 is 21.8 Å². The Morgan fingerprint density at radius 3 is 2.25 bits per heavy atom. The molecule has 7 heteroatoms. The van der Waals surface area contributed by atoms with Gasteiger partial charge in [-0.2, -0.15) is 0 Å². The first-order chi connectivity index (χ1) is 7.39. The summed E-state index contributed by atoms with van der Waals surface area (Å²) in [6.07, 6.45) is -0.947. The fourth-order valence-corrected chi connectivity index (χ4v) is 2.09. The van der Waals surface area contributed by atoms with Gasteiger partial charge in [-0.15, -0.1) is 0 Å². The molecule has 88 valence electrons. The van der Waals surface area contributed by atoms with Crippen LogP contribution < -0.4 is 5.73 Å². The molecule has 0 aromatic heterocycles. The molecule has 1 aromatic carbocycles. The smallest absolute Gasteiger partial charge is 0.423 e. The number of nitrogens with two attached hydrogens (primary N) is 1. The number of carbonyl (C=O) groups is 1. The molecule has 1 aromatic rings. The molecule has 2 N–H and O–H groups in total. The SMILES string of the molecule is COC(=O)N(C)S(=O)(=O)c1ccc(N)cc1. The van der Waals surface area contributed by atoms with E-state index in [2.05, 4.69) is 4.74 Å². The predicted molar refractivity (Wildman–Crippen MR) is 58.2 cm³/mol. The number of hydrogen-bond donors (Lipinski definition) is 1. The van der Waals surface area contributed by atoms with Gasteiger partial charge in [-0.05, 0) is 24.3 Å². The number of nitrogen functional groups attached to an aromatic ring is 1. The van der Waals surface area contributed by atoms with Gasteiger partial charge in [-0.3, -0.25) is 0 Å². The van der Waals surface area contributed by atoms with Crippen molar-refractivity contribution in [2.24, 2.45) is 0 Å². The van der Waals surface area contributed by atoms with E-state index in [4.69, 9.17) is 5.73 Å². The highest BCUT2D eigenvalue weighted by molar-refractivity contribution is 7.89. The average Bonchev–Trinajstić information content (AvgIpc) is 2.27. The largest absolute Gasteiger partial charge is 0.452 e. The number of amides is 1. The Labute approximate surface area is 93.7 Å². The van der Waals surface area contributed by atoms with Crippen LogP contribution in [0.25, 0.3) is 0 Å². The number of rotatable bonds is 2. The van der Waals surface area contributed by atoms with Crippen molar-refractivity contribution < 1.29 is 17.9 Å². The van der Waals surface area contributed by atoms with Crippen molar-refractivity contribution in [2.45, 2.75) is 4.90 Å². The molecule has 0 spiro atoms. The molecule has 0 heterocycles. The Bertz CT molecular complexity index is 481. The zero-order chi connectivity index (χ0) is 12.3. The monoisotopic (exact) mass is 244 g/mol. The summed E-state index contributed by atoms with van der Waals surface area (Å²) in [5.41, 5.74) is 5.88. The highest BCUT2D eigenvalue weighted by Crippen LogP contribution is 2.16. The van der Waals surface area contributed by atoms with Crippen LogP contribution in [0.2, 0.25) is 0 Å². The summed E-state index contributed by atoms with van der Waals surface area (Å²) in [4.78, 5) is 11.1. The molecule has 0 unspecified atom stereocenters. The lowest BCUT2D eigenvalue weighted by molar-refractivity contribution is 0.154. The third-order valence-electron chi connectivity index (χ3n) is 1.97. The first-order valence-corrected chi connectivity index (χ1v) is 5.76. The second kappa shape index (κ2) is 4.40. The minimum absolute atomic E-state index is 0.0189. The molecular weight excluding hydrogens is 232 g/mol. The van der Waals surface area contributed by atoms with Crippen LogP contribution in [0.5, 0.6) is 0 Å². The van der Waals surface area contributed by atoms with Gasteiger partial charge in [0.25, 0.3) is 10.0 Å². The van der Waals surface area contributed by atoms with Crippen molar-refractivity contribution in [1.82, 2.24) is 4.31 Å². The van der Waals surface area contributed by atoms with Crippen molar-refractivity contribution in [3.8, 4) is 0 Å². The maximum atomic E-state index is 11.8. The van der Waals surface area contributed by atoms with Crippen LogP contribution in [0.4, 0.5) is 10.5 Å². The average molecular weight is 244 g/mol. The number of carbonyl (C=O) groups excluding carboxylic acids is 1. The molecule has 1 amide bonds. The summed E-state index contributed by atoms with van der Waals surface area (Å²) < 4.78 is 28.5. The minimum atomic E-state index is -3.86. The third kappa shape index (κ3) is 2.25. The molecule has 0 saturated carbocycles. The van der Waals surface area contributed by atoms with Crippen molar-refractivity contribution in [3.63, 3.8) is 0 Å². The van der Waals surface area contributed by atoms with Gasteiger partial charge in [0.2, 0.25) is 0 Å². The number of methoxy groups -OCH3 is 1. The highest BCUT2D eigenvalue weighted by Gasteiger charge is 2.25. The lowest BCUT2D eigenvalue weighted by Gasteiger charge is -2.15. The van der Waals surface area contributed by atoms with Crippen LogP contribution in [0.15, 0.2) is 29.2 Å². The van der Waals surface area contributed by atoms with Crippen LogP contribution in [0, 0.1) is 0 Å². The van der Waals surface area contributed by atoms with E-state index in [0.717, 1.165) is 14.2 Å². The fraction of sp³-hybridized carbons (Fsp3) is 0.222. The lowest BCUT2D eigenvalue weighted by atomic mass is 10.3. The van der Waals surface area contributed by atoms with Gasteiger partial charge < -0.3 is 10.5 Å². The topological polar surface area (TPSA) is 89.7 Å². The second-order valence-electron chi connectivity index (χ2n) is 3.01. The Morgan fingerprint density at radius 1 is 1.31 bits per heavy atom. The van der Waals surface area contributed by atoms with Gasteiger partial charge in [-0.25, -0.2) is 17.5 Å². The number of hydrogen-bond acceptors (Lipinski definition) is 5. The van der Waals surface area contributed by atoms with Crippen LogP contribution in [-0.2, 0) is 14.8 Å². The Hall–Kier alpha value is -1.76. The van der Waals surface area contributed by atoms with E-state index in [0.29, 0.717) is 9.99 Å². The van der Waals surface area contributed by atoms with Crippen LogP contribution in [0.1, 0.15) is 0 Å². The number of ether oxygens (including phenoxy) is 1. The summed E-state index contributed by atoms with van der Waals surface area (Å²) in [6.45, 7) is 0. The molecule has 0 aliphatic rings. The summed E-state index contributed by atoms with van der Waals surface area (Å²) >= 11 is 0. The van der Waals surface area contributed by atoms with Crippen molar-refractivity contribution in [2.75, 3.05) is 19.9 Å². The van der Waals surface area contributed by atoms with Gasteiger partial charge in [0.1, 0.15) is 0 Å². The molecule has 6 nitrogen and oxygen atoms in total. The molecule has 0 bridgehead atoms. The molecule has 0 aliphatic heterocycles. The number of anilines is 1. The lowest BCUT2D eigenvalue weighted by Crippen LogP contribution is -2.33. The zero-order valence-corrected chi connectivity index (χ0v) is 9.69. The van der Waals surface area contributed by atoms with Crippen LogP contribution in [0.3, 0.4) is 0 Å². The van der Waals surface area contributed by atoms with E-state index in [9.17, 15) is 13.2 Å². The molecule has 0 fully saturated rings. The summed E-state index contributed by atoms with van der Waals surface area (Å²) in [5.74, 6) is 0. The highest BCUT2D eigenvalue weighted by atomic mass is 32.2. The van der Waals surface area contributed by atoms with E-state index in [-0.39, 0.29) is 4.90 Å². The Morgan fingerprint density at radius 2 is 1.81 bits per heavy atom. The van der Waals surface area contributed by atoms with Gasteiger partial charge in [-0.1, -0.05) is 0 Å². The fourth-order valence-electron chi connectivity index (χ4n) is 1.02. The van der Waals surface area contributed by atoms with E-state index in [1.807, 2.05) is 0 Å². The minimum Gasteiger partial charge on any atom is -0.452 e. The van der Waals surface area contributed by atoms with Crippen molar-refractivity contribution in [3.05, 3.63) is 24.3 Å². The normalized spacial score (nSPS) is 10.9. The Kier molecular flexibility index (Phi) is 3.38. The van der Waals surface area contributed by atoms with Gasteiger partial charge >= 0.3 is 6.09 Å². The van der Waals surface area contributed by atoms with Gasteiger partial charge in [0, 0.05) is 12.7 Å². The maximum absolute atomic E-state index is 11.8. The number of nitrogens with zero attached hydrogens (tertiary/aromatic N) is 1. The molecule has 0 atom stereocenters. The summed E-state index contributed by atoms with van der Waals surface area (Å²) in [6, 6.07) is 5.53. The van der Waals surface area contributed by atoms with E-state index in [1.54, 1.807) is 0 Å². The standard InChI is InChI=1S/C9H12N2O4S/c1-11(9(12)15-2)16(13,14)8-5-3-7(10)4-6-8/h3-6H,10H2,1-2H3. The van der Waals surface area contributed by atoms with Gasteiger partial charge in [0.15, 0.2) is 0 Å². The quantitative estimate of drug-likeness (QED) is 0.772. The van der Waals surface area contributed by atoms with Crippen LogP contribution >= 0.6 is 0 Å². The number of sulfonamides is 1. The molecule has 0 aliphatic carbocycles. The predicted octanol–water partition coefficient (Wildman–Crippen LogP) is 0.656. The first kappa shape index (κ1) is 12.3. The Balaban J connectivity index is 3.12. The zero-order valence-electron chi connectivity index (χ0n) is 8.88. The van der Waals surface area contributed by atoms with Crippen molar-refractivity contribution in [1.29, 1.82) is 0 Å². The maximum Gasteiger partial charge on any atom is 0.423 e.